The van der Waals surface area contributed by atoms with Crippen LogP contribution in [0.3, 0.4) is 0 Å². The minimum Gasteiger partial charge on any atom is -0.550 e. The first kappa shape index (κ1) is 31.6. The molecular weight excluding hydrogens is 370 g/mol. The number of quaternary nitrogens is 1. The lowest BCUT2D eigenvalue weighted by Gasteiger charge is -2.39. The number of aliphatic carboxylic acids is 1. The molecule has 0 spiro atoms. The number of hydrogen-bond donors (Lipinski definition) is 0. The molecule has 30 heavy (non-hydrogen) atoms. The van der Waals surface area contributed by atoms with Gasteiger partial charge in [-0.1, -0.05) is 86.0 Å². The average molecular weight is 428 g/mol. The van der Waals surface area contributed by atoms with Gasteiger partial charge in [-0.15, -0.1) is 0 Å². The van der Waals surface area contributed by atoms with Gasteiger partial charge in [-0.25, -0.2) is 0 Å². The standard InChI is InChI=1S/C24H52N.C3H6O2/c1-5-9-13-17-21-25(22-18-14-10-6-2,23-19-15-11-7-3)24-20-16-12-8-4;1-2-3(4)5/h5-24H2,1-4H3;2H2,1H3,(H,4,5)/q+1;/p-1. The summed E-state index contributed by atoms with van der Waals surface area (Å²) >= 11 is 0. The van der Waals surface area contributed by atoms with Crippen LogP contribution in [0.4, 0.5) is 0 Å². The van der Waals surface area contributed by atoms with Gasteiger partial charge in [-0.05, 0) is 57.8 Å². The minimum atomic E-state index is -0.995. The van der Waals surface area contributed by atoms with Crippen LogP contribution in [0.15, 0.2) is 0 Å². The molecule has 0 aliphatic carbocycles. The fourth-order valence-corrected chi connectivity index (χ4v) is 4.17. The van der Waals surface area contributed by atoms with Crippen LogP contribution < -0.4 is 5.11 Å². The van der Waals surface area contributed by atoms with Crippen LogP contribution >= 0.6 is 0 Å². The predicted molar refractivity (Wildman–Crippen MR) is 132 cm³/mol. The van der Waals surface area contributed by atoms with E-state index in [0.29, 0.717) is 0 Å². The molecule has 0 rings (SSSR count). The number of rotatable bonds is 21. The molecule has 0 amide bonds. The van der Waals surface area contributed by atoms with Crippen molar-refractivity contribution < 1.29 is 14.4 Å². The van der Waals surface area contributed by atoms with Gasteiger partial charge < -0.3 is 14.4 Å². The van der Waals surface area contributed by atoms with E-state index in [1.165, 1.54) is 140 Å². The summed E-state index contributed by atoms with van der Waals surface area (Å²) in [7, 11) is 0. The zero-order valence-corrected chi connectivity index (χ0v) is 21.6. The van der Waals surface area contributed by atoms with Gasteiger partial charge in [0.05, 0.1) is 26.2 Å². The molecule has 3 heteroatoms. The Hall–Kier alpha value is -0.570. The van der Waals surface area contributed by atoms with Crippen molar-refractivity contribution in [1.29, 1.82) is 0 Å². The maximum Gasteiger partial charge on any atom is 0.0786 e. The number of carbonyl (C=O) groups is 1. The van der Waals surface area contributed by atoms with Gasteiger partial charge in [0.2, 0.25) is 0 Å². The van der Waals surface area contributed by atoms with Gasteiger partial charge in [0.25, 0.3) is 0 Å². The highest BCUT2D eigenvalue weighted by Gasteiger charge is 2.25. The molecule has 0 aliphatic rings. The third-order valence-electron chi connectivity index (χ3n) is 6.23. The van der Waals surface area contributed by atoms with Crippen molar-refractivity contribution in [2.24, 2.45) is 0 Å². The lowest BCUT2D eigenvalue weighted by molar-refractivity contribution is -0.929. The Morgan fingerprint density at radius 1 is 0.500 bits per heavy atom. The Balaban J connectivity index is 0. The van der Waals surface area contributed by atoms with Crippen LogP contribution in [-0.4, -0.2) is 36.6 Å². The normalized spacial score (nSPS) is 11.2. The molecule has 0 atom stereocenters. The third kappa shape index (κ3) is 22.1. The van der Waals surface area contributed by atoms with E-state index in [0.717, 1.165) is 0 Å². The summed E-state index contributed by atoms with van der Waals surface area (Å²) in [5.74, 6) is -0.995. The van der Waals surface area contributed by atoms with Crippen molar-refractivity contribution in [2.75, 3.05) is 26.2 Å². The zero-order chi connectivity index (χ0) is 22.9. The molecule has 0 heterocycles. The highest BCUT2D eigenvalue weighted by molar-refractivity contribution is 5.63. The Morgan fingerprint density at radius 3 is 0.900 bits per heavy atom. The second kappa shape index (κ2) is 24.7. The first-order valence-corrected chi connectivity index (χ1v) is 13.6. The molecule has 0 radical (unpaired) electrons. The van der Waals surface area contributed by atoms with Gasteiger partial charge in [-0.2, -0.15) is 0 Å². The van der Waals surface area contributed by atoms with Crippen LogP contribution in [0.5, 0.6) is 0 Å². The average Bonchev–Trinajstić information content (AvgIpc) is 2.75. The Kier molecular flexibility index (Phi) is 26.0. The van der Waals surface area contributed by atoms with Gasteiger partial charge >= 0.3 is 0 Å². The molecule has 0 N–H and O–H groups in total. The molecule has 3 nitrogen and oxygen atoms in total. The number of hydrogen-bond acceptors (Lipinski definition) is 2. The van der Waals surface area contributed by atoms with Crippen molar-refractivity contribution in [3.63, 3.8) is 0 Å². The molecule has 0 aromatic heterocycles. The van der Waals surface area contributed by atoms with Gasteiger partial charge in [0, 0.05) is 5.97 Å². The Bertz CT molecular complexity index is 290. The van der Waals surface area contributed by atoms with Crippen LogP contribution in [-0.2, 0) is 4.79 Å². The summed E-state index contributed by atoms with van der Waals surface area (Å²) < 4.78 is 1.46. The van der Waals surface area contributed by atoms with E-state index in [1.54, 1.807) is 0 Å². The van der Waals surface area contributed by atoms with E-state index in [9.17, 15) is 9.90 Å². The molecule has 0 saturated carbocycles. The van der Waals surface area contributed by atoms with E-state index in [4.69, 9.17) is 0 Å². The molecular formula is C27H57NO2. The van der Waals surface area contributed by atoms with E-state index in [2.05, 4.69) is 27.7 Å². The van der Waals surface area contributed by atoms with Crippen LogP contribution in [0.2, 0.25) is 0 Å². The molecule has 0 saturated heterocycles. The highest BCUT2D eigenvalue weighted by atomic mass is 16.4. The summed E-state index contributed by atoms with van der Waals surface area (Å²) in [6.07, 6.45) is 23.0. The summed E-state index contributed by atoms with van der Waals surface area (Å²) in [5.41, 5.74) is 0. The van der Waals surface area contributed by atoms with Gasteiger partial charge in [0.15, 0.2) is 0 Å². The predicted octanol–water partition coefficient (Wildman–Crippen LogP) is 7.27. The van der Waals surface area contributed by atoms with Crippen LogP contribution in [0, 0.1) is 0 Å². The smallest absolute Gasteiger partial charge is 0.0786 e. The van der Waals surface area contributed by atoms with Gasteiger partial charge in [-0.3, -0.25) is 0 Å². The monoisotopic (exact) mass is 427 g/mol. The quantitative estimate of drug-likeness (QED) is 0.143. The topological polar surface area (TPSA) is 40.1 Å². The van der Waals surface area contributed by atoms with Crippen molar-refractivity contribution in [1.82, 2.24) is 0 Å². The molecule has 0 fully saturated rings. The molecule has 0 aliphatic heterocycles. The van der Waals surface area contributed by atoms with Crippen LogP contribution in [0.1, 0.15) is 144 Å². The van der Waals surface area contributed by atoms with Crippen molar-refractivity contribution in [3.05, 3.63) is 0 Å². The molecule has 0 bridgehead atoms. The van der Waals surface area contributed by atoms with E-state index < -0.39 is 5.97 Å². The van der Waals surface area contributed by atoms with E-state index in [-0.39, 0.29) is 6.42 Å². The minimum absolute atomic E-state index is 0.111. The van der Waals surface area contributed by atoms with Crippen molar-refractivity contribution in [2.45, 2.75) is 144 Å². The Morgan fingerprint density at radius 2 is 0.733 bits per heavy atom. The fourth-order valence-electron chi connectivity index (χ4n) is 4.17. The SMILES string of the molecule is CCC(=O)[O-].CCCCCC[N+](CCCCCC)(CCCCCC)CCCCCC. The van der Waals surface area contributed by atoms with Crippen molar-refractivity contribution >= 4 is 5.97 Å². The third-order valence-corrected chi connectivity index (χ3v) is 6.23. The lowest BCUT2D eigenvalue weighted by Crippen LogP contribution is -2.50. The number of carbonyl (C=O) groups excluding carboxylic acids is 1. The second-order valence-electron chi connectivity index (χ2n) is 9.20. The highest BCUT2D eigenvalue weighted by Crippen LogP contribution is 2.19. The first-order chi connectivity index (χ1) is 14.5. The number of unbranched alkanes of at least 4 members (excludes halogenated alkanes) is 12. The number of carboxylic acids is 1. The Labute approximate surface area is 190 Å². The molecule has 0 aromatic carbocycles. The molecule has 0 unspecified atom stereocenters. The maximum absolute atomic E-state index is 9.26. The zero-order valence-electron chi connectivity index (χ0n) is 21.6. The van der Waals surface area contributed by atoms with Crippen molar-refractivity contribution in [3.8, 4) is 0 Å². The number of carboxylic acid groups (broad SMARTS) is 1. The number of nitrogens with zero attached hydrogens (tertiary/aromatic N) is 1. The van der Waals surface area contributed by atoms with Crippen LogP contribution in [0.25, 0.3) is 0 Å². The fraction of sp³-hybridized carbons (Fsp3) is 0.963. The molecule has 182 valence electrons. The van der Waals surface area contributed by atoms with Gasteiger partial charge in [0.1, 0.15) is 0 Å². The maximum atomic E-state index is 9.26. The summed E-state index contributed by atoms with van der Waals surface area (Å²) in [5, 5.41) is 9.26. The molecule has 0 aromatic rings. The summed E-state index contributed by atoms with van der Waals surface area (Å²) in [6.45, 7) is 16.7. The summed E-state index contributed by atoms with van der Waals surface area (Å²) in [4.78, 5) is 9.26. The second-order valence-corrected chi connectivity index (χ2v) is 9.20. The summed E-state index contributed by atoms with van der Waals surface area (Å²) in [6, 6.07) is 0. The lowest BCUT2D eigenvalue weighted by atomic mass is 10.1. The van der Waals surface area contributed by atoms with E-state index >= 15 is 0 Å². The largest absolute Gasteiger partial charge is 0.550 e. The van der Waals surface area contributed by atoms with E-state index in [1.807, 2.05) is 0 Å². The first-order valence-electron chi connectivity index (χ1n) is 13.6.